The fourth-order valence-corrected chi connectivity index (χ4v) is 2.61. The Balaban J connectivity index is 2.19. The second-order valence-corrected chi connectivity index (χ2v) is 5.11. The Bertz CT molecular complexity index is 375. The Morgan fingerprint density at radius 3 is 2.50 bits per heavy atom. The van der Waals surface area contributed by atoms with Gasteiger partial charge in [-0.15, -0.1) is 0 Å². The molecule has 16 heavy (non-hydrogen) atoms. The van der Waals surface area contributed by atoms with Crippen LogP contribution in [0.2, 0.25) is 10.0 Å². The minimum atomic E-state index is -0.225. The number of halogens is 2. The topological polar surface area (TPSA) is 35.2 Å². The summed E-state index contributed by atoms with van der Waals surface area (Å²) in [6, 6.07) is 5.28. The minimum Gasteiger partial charge on any atom is -0.484 e. The van der Waals surface area contributed by atoms with Crippen molar-refractivity contribution in [3.8, 4) is 5.75 Å². The van der Waals surface area contributed by atoms with Gasteiger partial charge >= 0.3 is 0 Å². The minimum absolute atomic E-state index is 0.225. The Morgan fingerprint density at radius 1 is 1.25 bits per heavy atom. The number of benzene rings is 1. The highest BCUT2D eigenvalue weighted by molar-refractivity contribution is 6.35. The van der Waals surface area contributed by atoms with E-state index in [-0.39, 0.29) is 5.60 Å². The Kier molecular flexibility index (Phi) is 3.63. The second kappa shape index (κ2) is 4.82. The van der Waals surface area contributed by atoms with E-state index < -0.39 is 0 Å². The normalized spacial score (nSPS) is 18.7. The van der Waals surface area contributed by atoms with E-state index in [1.165, 1.54) is 12.8 Å². The fraction of sp³-hybridized carbons (Fsp3) is 0.500. The van der Waals surface area contributed by atoms with Gasteiger partial charge in [0.1, 0.15) is 11.4 Å². The maximum Gasteiger partial charge on any atom is 0.138 e. The zero-order valence-corrected chi connectivity index (χ0v) is 10.5. The van der Waals surface area contributed by atoms with Crippen LogP contribution >= 0.6 is 23.2 Å². The predicted octanol–water partition coefficient (Wildman–Crippen LogP) is 3.64. The van der Waals surface area contributed by atoms with E-state index in [9.17, 15) is 0 Å². The summed E-state index contributed by atoms with van der Waals surface area (Å²) in [6.07, 6.45) is 4.34. The Morgan fingerprint density at radius 2 is 1.94 bits per heavy atom. The molecule has 0 spiro atoms. The molecule has 0 radical (unpaired) electrons. The molecule has 4 heteroatoms. The van der Waals surface area contributed by atoms with E-state index in [1.807, 2.05) is 0 Å². The van der Waals surface area contributed by atoms with Crippen LogP contribution in [0.1, 0.15) is 25.7 Å². The fourth-order valence-electron chi connectivity index (χ4n) is 2.16. The lowest BCUT2D eigenvalue weighted by molar-refractivity contribution is 0.0854. The van der Waals surface area contributed by atoms with Gasteiger partial charge in [-0.1, -0.05) is 23.2 Å². The molecule has 0 unspecified atom stereocenters. The molecular weight excluding hydrogens is 245 g/mol. The van der Waals surface area contributed by atoms with E-state index in [4.69, 9.17) is 33.7 Å². The lowest BCUT2D eigenvalue weighted by Crippen LogP contribution is -2.40. The summed E-state index contributed by atoms with van der Waals surface area (Å²) in [5.41, 5.74) is 5.58. The Labute approximate surface area is 106 Å². The third-order valence-electron chi connectivity index (χ3n) is 3.11. The first kappa shape index (κ1) is 12.0. The highest BCUT2D eigenvalue weighted by atomic mass is 35.5. The van der Waals surface area contributed by atoms with Crippen LogP contribution in [-0.4, -0.2) is 12.1 Å². The van der Waals surface area contributed by atoms with Crippen molar-refractivity contribution in [2.24, 2.45) is 5.73 Å². The molecule has 0 saturated heterocycles. The molecule has 0 heterocycles. The van der Waals surface area contributed by atoms with Crippen LogP contribution in [0.4, 0.5) is 0 Å². The molecule has 1 aliphatic carbocycles. The van der Waals surface area contributed by atoms with Crippen molar-refractivity contribution >= 4 is 23.2 Å². The summed E-state index contributed by atoms with van der Waals surface area (Å²) in [7, 11) is 0. The summed E-state index contributed by atoms with van der Waals surface area (Å²) in [5, 5.41) is 1.16. The highest BCUT2D eigenvalue weighted by Gasteiger charge is 2.35. The molecule has 0 amide bonds. The first-order valence-electron chi connectivity index (χ1n) is 5.49. The van der Waals surface area contributed by atoms with Gasteiger partial charge in [0, 0.05) is 11.6 Å². The largest absolute Gasteiger partial charge is 0.484 e. The molecule has 2 nitrogen and oxygen atoms in total. The zero-order chi connectivity index (χ0) is 11.6. The summed E-state index contributed by atoms with van der Waals surface area (Å²) in [4.78, 5) is 0. The van der Waals surface area contributed by atoms with Crippen LogP contribution in [0.5, 0.6) is 5.75 Å². The lowest BCUT2D eigenvalue weighted by Gasteiger charge is -2.29. The van der Waals surface area contributed by atoms with E-state index in [2.05, 4.69) is 0 Å². The van der Waals surface area contributed by atoms with Gasteiger partial charge in [0.2, 0.25) is 0 Å². The quantitative estimate of drug-likeness (QED) is 0.900. The summed E-state index contributed by atoms with van der Waals surface area (Å²) >= 11 is 11.9. The van der Waals surface area contributed by atoms with Gasteiger partial charge in [-0.3, -0.25) is 0 Å². The van der Waals surface area contributed by atoms with Crippen molar-refractivity contribution in [2.45, 2.75) is 31.3 Å². The molecule has 1 saturated carbocycles. The van der Waals surface area contributed by atoms with Gasteiger partial charge in [-0.2, -0.15) is 0 Å². The molecule has 2 N–H and O–H groups in total. The molecule has 1 aromatic rings. The van der Waals surface area contributed by atoms with Crippen molar-refractivity contribution < 1.29 is 4.74 Å². The van der Waals surface area contributed by atoms with Crippen molar-refractivity contribution in [1.82, 2.24) is 0 Å². The van der Waals surface area contributed by atoms with Crippen LogP contribution in [0.15, 0.2) is 18.2 Å². The standard InChI is InChI=1S/C12H15Cl2NO/c13-9-3-4-11(10(14)7-9)16-12(8-15)5-1-2-6-12/h3-4,7H,1-2,5-6,8,15H2. The number of hydrogen-bond acceptors (Lipinski definition) is 2. The maximum atomic E-state index is 6.08. The molecule has 1 aromatic carbocycles. The molecule has 88 valence electrons. The summed E-state index contributed by atoms with van der Waals surface area (Å²) in [6.45, 7) is 0.534. The number of ether oxygens (including phenoxy) is 1. The molecule has 0 aliphatic heterocycles. The number of rotatable bonds is 3. The number of nitrogens with two attached hydrogens (primary N) is 1. The molecule has 0 aromatic heterocycles. The molecular formula is C12H15Cl2NO. The Hall–Kier alpha value is -0.440. The van der Waals surface area contributed by atoms with Crippen LogP contribution in [0.3, 0.4) is 0 Å². The van der Waals surface area contributed by atoms with Gasteiger partial charge in [0.25, 0.3) is 0 Å². The SMILES string of the molecule is NCC1(Oc2ccc(Cl)cc2Cl)CCCC1. The first-order valence-corrected chi connectivity index (χ1v) is 6.25. The maximum absolute atomic E-state index is 6.08. The predicted molar refractivity (Wildman–Crippen MR) is 67.3 cm³/mol. The van der Waals surface area contributed by atoms with Gasteiger partial charge in [0.15, 0.2) is 0 Å². The smallest absolute Gasteiger partial charge is 0.138 e. The highest BCUT2D eigenvalue weighted by Crippen LogP contribution is 2.37. The van der Waals surface area contributed by atoms with Crippen LogP contribution in [0, 0.1) is 0 Å². The van der Waals surface area contributed by atoms with Crippen LogP contribution in [0.25, 0.3) is 0 Å². The molecule has 0 atom stereocenters. The second-order valence-electron chi connectivity index (χ2n) is 4.27. The first-order chi connectivity index (χ1) is 7.65. The molecule has 2 rings (SSSR count). The van der Waals surface area contributed by atoms with Crippen LogP contribution < -0.4 is 10.5 Å². The van der Waals surface area contributed by atoms with Crippen molar-refractivity contribution in [3.63, 3.8) is 0 Å². The van der Waals surface area contributed by atoms with E-state index in [1.54, 1.807) is 18.2 Å². The average molecular weight is 260 g/mol. The average Bonchev–Trinajstić information content (AvgIpc) is 2.72. The lowest BCUT2D eigenvalue weighted by atomic mass is 10.0. The third-order valence-corrected chi connectivity index (χ3v) is 3.64. The number of hydrogen-bond donors (Lipinski definition) is 1. The van der Waals surface area contributed by atoms with Crippen molar-refractivity contribution in [3.05, 3.63) is 28.2 Å². The molecule has 1 aliphatic rings. The summed E-state index contributed by atoms with van der Waals surface area (Å²) < 4.78 is 5.98. The zero-order valence-electron chi connectivity index (χ0n) is 9.01. The van der Waals surface area contributed by atoms with Crippen molar-refractivity contribution in [1.29, 1.82) is 0 Å². The van der Waals surface area contributed by atoms with Crippen LogP contribution in [-0.2, 0) is 0 Å². The van der Waals surface area contributed by atoms with E-state index in [0.717, 1.165) is 12.8 Å². The monoisotopic (exact) mass is 259 g/mol. The molecule has 0 bridgehead atoms. The van der Waals surface area contributed by atoms with E-state index >= 15 is 0 Å². The van der Waals surface area contributed by atoms with Crippen molar-refractivity contribution in [2.75, 3.05) is 6.54 Å². The third kappa shape index (κ3) is 2.45. The molecule has 1 fully saturated rings. The van der Waals surface area contributed by atoms with E-state index in [0.29, 0.717) is 22.3 Å². The summed E-state index contributed by atoms with van der Waals surface area (Å²) in [5.74, 6) is 0.679. The van der Waals surface area contributed by atoms with Gasteiger partial charge in [-0.05, 0) is 43.9 Å². The van der Waals surface area contributed by atoms with Gasteiger partial charge in [0.05, 0.1) is 5.02 Å². The van der Waals surface area contributed by atoms with Gasteiger partial charge < -0.3 is 10.5 Å². The van der Waals surface area contributed by atoms with Gasteiger partial charge in [-0.25, -0.2) is 0 Å².